The van der Waals surface area contributed by atoms with Crippen molar-refractivity contribution in [3.8, 4) is 0 Å². The van der Waals surface area contributed by atoms with Crippen molar-refractivity contribution in [2.24, 2.45) is 5.10 Å². The molecule has 1 aliphatic rings. The van der Waals surface area contributed by atoms with Gasteiger partial charge in [0.05, 0.1) is 19.1 Å². The van der Waals surface area contributed by atoms with Gasteiger partial charge in [-0.1, -0.05) is 12.1 Å². The van der Waals surface area contributed by atoms with Gasteiger partial charge >= 0.3 is 0 Å². The Morgan fingerprint density at radius 1 is 1.28 bits per heavy atom. The number of aliphatic hydroxyl groups is 3. The summed E-state index contributed by atoms with van der Waals surface area (Å²) in [5, 5.41) is 36.4. The maximum atomic E-state index is 11.1. The second-order valence-electron chi connectivity index (χ2n) is 7.16. The molecule has 0 radical (unpaired) electrons. The number of fused-ring (bicyclic) bond motifs is 1. The van der Waals surface area contributed by atoms with E-state index in [-0.39, 0.29) is 28.8 Å². The van der Waals surface area contributed by atoms with E-state index in [9.17, 15) is 20.1 Å². The van der Waals surface area contributed by atoms with Gasteiger partial charge in [-0.2, -0.15) is 15.1 Å². The molecule has 3 aromatic rings. The molecule has 0 aliphatic carbocycles. The Balaban J connectivity index is 1.53. The van der Waals surface area contributed by atoms with Crippen molar-refractivity contribution in [3.63, 3.8) is 0 Å². The number of nitrogen functional groups attached to an aromatic ring is 1. The summed E-state index contributed by atoms with van der Waals surface area (Å²) in [6, 6.07) is 7.02. The molecular formula is C19H22N8O5. The summed E-state index contributed by atoms with van der Waals surface area (Å²) in [5.41, 5.74) is 10.6. The third-order valence-electron chi connectivity index (χ3n) is 4.85. The van der Waals surface area contributed by atoms with E-state index in [1.54, 1.807) is 24.3 Å². The largest absolute Gasteiger partial charge is 0.394 e. The van der Waals surface area contributed by atoms with Crippen LogP contribution in [0.2, 0.25) is 0 Å². The zero-order valence-corrected chi connectivity index (χ0v) is 17.0. The molecule has 4 atom stereocenters. The Labute approximate surface area is 181 Å². The highest BCUT2D eigenvalue weighted by Crippen LogP contribution is 2.32. The first-order chi connectivity index (χ1) is 15.4. The van der Waals surface area contributed by atoms with Crippen molar-refractivity contribution in [2.75, 3.05) is 23.1 Å². The number of hydrazone groups is 1. The first kappa shape index (κ1) is 21.6. The van der Waals surface area contributed by atoms with E-state index in [0.29, 0.717) is 5.69 Å². The van der Waals surface area contributed by atoms with E-state index >= 15 is 0 Å². The molecule has 1 amide bonds. The number of nitrogens with two attached hydrogens (primary N) is 1. The molecule has 1 fully saturated rings. The average molecular weight is 442 g/mol. The van der Waals surface area contributed by atoms with Crippen molar-refractivity contribution < 1.29 is 24.9 Å². The van der Waals surface area contributed by atoms with Crippen molar-refractivity contribution in [1.82, 2.24) is 19.5 Å². The van der Waals surface area contributed by atoms with Crippen molar-refractivity contribution in [1.29, 1.82) is 0 Å². The molecule has 0 spiro atoms. The number of hydrogen-bond donors (Lipinski definition) is 6. The van der Waals surface area contributed by atoms with Gasteiger partial charge in [0.15, 0.2) is 17.7 Å². The zero-order chi connectivity index (χ0) is 22.8. The van der Waals surface area contributed by atoms with Crippen LogP contribution in [0.15, 0.2) is 35.7 Å². The Kier molecular flexibility index (Phi) is 5.96. The predicted molar refractivity (Wildman–Crippen MR) is 115 cm³/mol. The van der Waals surface area contributed by atoms with Crippen molar-refractivity contribution in [2.45, 2.75) is 31.5 Å². The lowest BCUT2D eigenvalue weighted by molar-refractivity contribution is -0.114. The molecule has 13 nitrogen and oxygen atoms in total. The number of ether oxygens (including phenoxy) is 1. The minimum absolute atomic E-state index is 0.0783. The highest BCUT2D eigenvalue weighted by Gasteiger charge is 2.44. The molecular weight excluding hydrogens is 420 g/mol. The lowest BCUT2D eigenvalue weighted by atomic mass is 10.1. The predicted octanol–water partition coefficient (Wildman–Crippen LogP) is -0.576. The minimum atomic E-state index is -1.30. The van der Waals surface area contributed by atoms with Gasteiger partial charge in [0.1, 0.15) is 23.8 Å². The number of carbonyl (C=O) groups is 1. The Hall–Kier alpha value is -3.65. The molecule has 1 saturated heterocycles. The van der Waals surface area contributed by atoms with E-state index in [1.165, 1.54) is 24.0 Å². The van der Waals surface area contributed by atoms with Crippen LogP contribution >= 0.6 is 0 Å². The average Bonchev–Trinajstić information content (AvgIpc) is 3.30. The quantitative estimate of drug-likeness (QED) is 0.212. The van der Waals surface area contributed by atoms with Crippen molar-refractivity contribution in [3.05, 3.63) is 36.2 Å². The second-order valence-corrected chi connectivity index (χ2v) is 7.16. The smallest absolute Gasteiger partial charge is 0.247 e. The van der Waals surface area contributed by atoms with Crippen LogP contribution in [0.25, 0.3) is 11.2 Å². The topological polar surface area (TPSA) is 193 Å². The fraction of sp³-hybridized carbons (Fsp3) is 0.316. The molecule has 4 rings (SSSR count). The number of carbonyl (C=O) groups excluding carboxylic acids is 1. The summed E-state index contributed by atoms with van der Waals surface area (Å²) >= 11 is 0. The highest BCUT2D eigenvalue weighted by molar-refractivity contribution is 5.89. The molecule has 168 valence electrons. The third-order valence-corrected chi connectivity index (χ3v) is 4.85. The van der Waals surface area contributed by atoms with Gasteiger partial charge in [0.25, 0.3) is 0 Å². The Morgan fingerprint density at radius 2 is 2.03 bits per heavy atom. The molecule has 0 saturated carbocycles. The van der Waals surface area contributed by atoms with Crippen molar-refractivity contribution >= 4 is 40.7 Å². The number of benzene rings is 1. The summed E-state index contributed by atoms with van der Waals surface area (Å²) in [7, 11) is 0. The fourth-order valence-electron chi connectivity index (χ4n) is 3.30. The minimum Gasteiger partial charge on any atom is -0.394 e. The SMILES string of the molecule is CC(=O)Nc1ccc(/C=N/Nc2nc(N)c3ncn([C@@H]4O[C@H](CO)[C@@H](O)[C@H]4O)c3n2)cc1. The molecule has 32 heavy (non-hydrogen) atoms. The maximum absolute atomic E-state index is 11.1. The van der Waals surface area contributed by atoms with E-state index in [4.69, 9.17) is 10.5 Å². The van der Waals surface area contributed by atoms with Crippen LogP contribution in [0.1, 0.15) is 18.7 Å². The van der Waals surface area contributed by atoms with Crippen LogP contribution in [0.3, 0.4) is 0 Å². The number of anilines is 3. The highest BCUT2D eigenvalue weighted by atomic mass is 16.6. The van der Waals surface area contributed by atoms with Crippen LogP contribution in [0.5, 0.6) is 0 Å². The van der Waals surface area contributed by atoms with Crippen LogP contribution < -0.4 is 16.5 Å². The second kappa shape index (κ2) is 8.84. The molecule has 3 heterocycles. The van der Waals surface area contributed by atoms with E-state index < -0.39 is 31.1 Å². The lowest BCUT2D eigenvalue weighted by Gasteiger charge is -2.16. The summed E-state index contributed by atoms with van der Waals surface area (Å²) < 4.78 is 6.94. The Bertz CT molecular complexity index is 1150. The number of nitrogens with zero attached hydrogens (tertiary/aromatic N) is 5. The van der Waals surface area contributed by atoms with Gasteiger partial charge in [-0.3, -0.25) is 9.36 Å². The van der Waals surface area contributed by atoms with Gasteiger partial charge in [0, 0.05) is 12.6 Å². The number of aliphatic hydroxyl groups excluding tert-OH is 3. The standard InChI is InChI=1S/C19H22N8O5/c1-9(29)23-11-4-2-10(3-5-11)6-22-26-19-24-16(20)13-17(25-19)27(8-21-13)18-15(31)14(30)12(7-28)32-18/h2-6,8,12,14-15,18,28,30-31H,7H2,1H3,(H,23,29)(H3,20,24,25,26)/b22-6+/t12-,14-,15-,18-/m1/s1. The zero-order valence-electron chi connectivity index (χ0n) is 17.0. The summed E-state index contributed by atoms with van der Waals surface area (Å²) in [6.07, 6.45) is -1.62. The number of imidazole rings is 1. The number of amides is 1. The number of hydrogen-bond acceptors (Lipinski definition) is 11. The van der Waals surface area contributed by atoms with Crippen LogP contribution in [0.4, 0.5) is 17.5 Å². The van der Waals surface area contributed by atoms with Gasteiger partial charge < -0.3 is 31.1 Å². The molecule has 7 N–H and O–H groups in total. The monoisotopic (exact) mass is 442 g/mol. The van der Waals surface area contributed by atoms with E-state index in [0.717, 1.165) is 5.56 Å². The van der Waals surface area contributed by atoms with Crippen LogP contribution in [-0.2, 0) is 9.53 Å². The number of rotatable bonds is 6. The Morgan fingerprint density at radius 3 is 2.69 bits per heavy atom. The van der Waals surface area contributed by atoms with E-state index in [2.05, 4.69) is 30.8 Å². The summed E-state index contributed by atoms with van der Waals surface area (Å²) in [5.74, 6) is 0.00170. The molecule has 1 aliphatic heterocycles. The number of nitrogens with one attached hydrogen (secondary N) is 2. The molecule has 1 aromatic carbocycles. The first-order valence-corrected chi connectivity index (χ1v) is 9.66. The molecule has 0 unspecified atom stereocenters. The maximum Gasteiger partial charge on any atom is 0.247 e. The summed E-state index contributed by atoms with van der Waals surface area (Å²) in [4.78, 5) is 23.7. The summed E-state index contributed by atoms with van der Waals surface area (Å²) in [6.45, 7) is 0.978. The van der Waals surface area contributed by atoms with Crippen LogP contribution in [-0.4, -0.2) is 71.9 Å². The molecule has 13 heteroatoms. The van der Waals surface area contributed by atoms with Gasteiger partial charge in [0.2, 0.25) is 11.9 Å². The van der Waals surface area contributed by atoms with Crippen LogP contribution in [0, 0.1) is 0 Å². The first-order valence-electron chi connectivity index (χ1n) is 9.66. The normalized spacial score (nSPS) is 23.1. The number of aromatic nitrogens is 4. The lowest BCUT2D eigenvalue weighted by Crippen LogP contribution is -2.33. The van der Waals surface area contributed by atoms with Gasteiger partial charge in [-0.15, -0.1) is 0 Å². The third kappa shape index (κ3) is 4.22. The van der Waals surface area contributed by atoms with Gasteiger partial charge in [-0.25, -0.2) is 10.4 Å². The van der Waals surface area contributed by atoms with E-state index in [1.807, 2.05) is 0 Å². The van der Waals surface area contributed by atoms with Gasteiger partial charge in [-0.05, 0) is 17.7 Å². The molecule has 2 aromatic heterocycles. The molecule has 0 bridgehead atoms. The fourth-order valence-corrected chi connectivity index (χ4v) is 3.30.